The Hall–Kier alpha value is -3.90. The molecule has 12 heteroatoms. The Morgan fingerprint density at radius 1 is 0.658 bits per heavy atom. The van der Waals surface area contributed by atoms with Crippen molar-refractivity contribution in [3.8, 4) is 0 Å². The van der Waals surface area contributed by atoms with Crippen molar-refractivity contribution in [2.45, 2.75) is 25.7 Å². The van der Waals surface area contributed by atoms with Crippen molar-refractivity contribution in [3.63, 3.8) is 0 Å². The number of benzene rings is 2. The number of amides is 2. The molecule has 0 aromatic heterocycles. The normalized spacial score (nSPS) is 14.1. The first-order valence-electron chi connectivity index (χ1n) is 12.7. The van der Waals surface area contributed by atoms with Gasteiger partial charge in [0.05, 0.1) is 22.7 Å². The fourth-order valence-corrected chi connectivity index (χ4v) is 4.26. The van der Waals surface area contributed by atoms with Crippen molar-refractivity contribution in [2.75, 3.05) is 52.4 Å². The van der Waals surface area contributed by atoms with Gasteiger partial charge in [-0.2, -0.15) is 0 Å². The number of carbonyl (C=O) groups is 2. The first-order valence-corrected chi connectivity index (χ1v) is 12.7. The number of hydrogen-bond donors (Lipinski definition) is 2. The summed E-state index contributed by atoms with van der Waals surface area (Å²) >= 11 is 0. The standard InChI is InChI=1S/C26H34N6O6/c33-25(19-21-3-7-23(8-4-21)31(35)36)27-11-1-13-29-15-17-30(18-16-29)14-2-12-28-26(34)20-22-5-9-24(10-6-22)32(37)38/h3-10H,1-2,11-20H2,(H,27,33)(H,28,34). The SMILES string of the molecule is O=C(Cc1ccc([N+](=O)[O-])cc1)NCCCN1CCN(CCCNC(=O)Cc2ccc([N+](=O)[O-])cc2)CC1. The van der Waals surface area contributed by atoms with Crippen LogP contribution in [0.2, 0.25) is 0 Å². The summed E-state index contributed by atoms with van der Waals surface area (Å²) in [6.45, 7) is 6.84. The molecule has 1 saturated heterocycles. The minimum absolute atomic E-state index is 0.0119. The van der Waals surface area contributed by atoms with Crippen molar-refractivity contribution < 1.29 is 19.4 Å². The minimum Gasteiger partial charge on any atom is -0.356 e. The minimum atomic E-state index is -0.460. The van der Waals surface area contributed by atoms with E-state index in [1.165, 1.54) is 24.3 Å². The molecule has 0 radical (unpaired) electrons. The molecule has 1 aliphatic heterocycles. The van der Waals surface area contributed by atoms with Gasteiger partial charge in [-0.05, 0) is 37.1 Å². The second-order valence-electron chi connectivity index (χ2n) is 9.29. The number of rotatable bonds is 14. The maximum absolute atomic E-state index is 12.1. The van der Waals surface area contributed by atoms with Gasteiger partial charge in [0.25, 0.3) is 11.4 Å². The van der Waals surface area contributed by atoms with Crippen molar-refractivity contribution in [3.05, 3.63) is 79.9 Å². The number of nitrogens with one attached hydrogen (secondary N) is 2. The summed E-state index contributed by atoms with van der Waals surface area (Å²) in [5, 5.41) is 27.2. The third-order valence-corrected chi connectivity index (χ3v) is 6.44. The van der Waals surface area contributed by atoms with Gasteiger partial charge in [0.2, 0.25) is 11.8 Å². The molecule has 0 spiro atoms. The molecule has 1 aliphatic rings. The maximum atomic E-state index is 12.1. The highest BCUT2D eigenvalue weighted by atomic mass is 16.6. The van der Waals surface area contributed by atoms with Crippen LogP contribution < -0.4 is 10.6 Å². The third-order valence-electron chi connectivity index (χ3n) is 6.44. The second kappa shape index (κ2) is 14.7. The van der Waals surface area contributed by atoms with Gasteiger partial charge < -0.3 is 20.4 Å². The number of non-ortho nitro benzene ring substituents is 2. The molecule has 0 atom stereocenters. The fraction of sp³-hybridized carbons (Fsp3) is 0.462. The van der Waals surface area contributed by atoms with E-state index in [2.05, 4.69) is 20.4 Å². The van der Waals surface area contributed by atoms with E-state index in [1.54, 1.807) is 24.3 Å². The molecular weight excluding hydrogens is 492 g/mol. The molecule has 38 heavy (non-hydrogen) atoms. The van der Waals surface area contributed by atoms with Crippen LogP contribution in [0.1, 0.15) is 24.0 Å². The van der Waals surface area contributed by atoms with E-state index >= 15 is 0 Å². The lowest BCUT2D eigenvalue weighted by molar-refractivity contribution is -0.385. The molecule has 3 rings (SSSR count). The highest BCUT2D eigenvalue weighted by Gasteiger charge is 2.16. The van der Waals surface area contributed by atoms with Crippen LogP contribution >= 0.6 is 0 Å². The van der Waals surface area contributed by atoms with Gasteiger partial charge in [-0.1, -0.05) is 24.3 Å². The Bertz CT molecular complexity index is 997. The summed E-state index contributed by atoms with van der Waals surface area (Å²) in [5.41, 5.74) is 1.51. The van der Waals surface area contributed by atoms with Gasteiger partial charge in [0.1, 0.15) is 0 Å². The highest BCUT2D eigenvalue weighted by molar-refractivity contribution is 5.79. The summed E-state index contributed by atoms with van der Waals surface area (Å²) < 4.78 is 0. The van der Waals surface area contributed by atoms with Crippen LogP contribution in [0.5, 0.6) is 0 Å². The highest BCUT2D eigenvalue weighted by Crippen LogP contribution is 2.13. The molecule has 2 aromatic rings. The lowest BCUT2D eigenvalue weighted by Gasteiger charge is -2.34. The quantitative estimate of drug-likeness (QED) is 0.215. The summed E-state index contributed by atoms with van der Waals surface area (Å²) in [7, 11) is 0. The molecule has 0 unspecified atom stereocenters. The zero-order chi connectivity index (χ0) is 27.3. The van der Waals surface area contributed by atoms with Crippen LogP contribution in [0.3, 0.4) is 0 Å². The van der Waals surface area contributed by atoms with Crippen molar-refractivity contribution in [1.82, 2.24) is 20.4 Å². The number of nitro groups is 2. The zero-order valence-electron chi connectivity index (χ0n) is 21.3. The summed E-state index contributed by atoms with van der Waals surface area (Å²) in [5.74, 6) is -0.188. The Morgan fingerprint density at radius 3 is 1.32 bits per heavy atom. The van der Waals surface area contributed by atoms with Crippen LogP contribution in [0.15, 0.2) is 48.5 Å². The van der Waals surface area contributed by atoms with Crippen molar-refractivity contribution in [2.24, 2.45) is 0 Å². The van der Waals surface area contributed by atoms with Crippen LogP contribution in [-0.4, -0.2) is 83.8 Å². The number of nitro benzene ring substituents is 2. The summed E-state index contributed by atoms with van der Waals surface area (Å²) in [6, 6.07) is 12.0. The number of hydrogen-bond acceptors (Lipinski definition) is 8. The van der Waals surface area contributed by atoms with Crippen LogP contribution in [0, 0.1) is 20.2 Å². The van der Waals surface area contributed by atoms with E-state index in [0.29, 0.717) is 13.1 Å². The van der Waals surface area contributed by atoms with Crippen LogP contribution in [-0.2, 0) is 22.4 Å². The molecule has 1 heterocycles. The Balaban J connectivity index is 1.20. The molecule has 2 N–H and O–H groups in total. The van der Waals surface area contributed by atoms with Crippen LogP contribution in [0.4, 0.5) is 11.4 Å². The molecule has 12 nitrogen and oxygen atoms in total. The lowest BCUT2D eigenvalue weighted by Crippen LogP contribution is -2.47. The topological polar surface area (TPSA) is 151 Å². The summed E-state index contributed by atoms with van der Waals surface area (Å²) in [6.07, 6.45) is 2.11. The molecule has 0 aliphatic carbocycles. The van der Waals surface area contributed by atoms with Gasteiger partial charge in [-0.15, -0.1) is 0 Å². The zero-order valence-corrected chi connectivity index (χ0v) is 21.3. The first-order chi connectivity index (χ1) is 18.3. The van der Waals surface area contributed by atoms with E-state index < -0.39 is 9.85 Å². The Labute approximate surface area is 221 Å². The van der Waals surface area contributed by atoms with Crippen LogP contribution in [0.25, 0.3) is 0 Å². The van der Waals surface area contributed by atoms with E-state index in [0.717, 1.165) is 63.2 Å². The molecule has 2 aromatic carbocycles. The predicted molar refractivity (Wildman–Crippen MR) is 142 cm³/mol. The monoisotopic (exact) mass is 526 g/mol. The number of nitrogens with zero attached hydrogens (tertiary/aromatic N) is 4. The third kappa shape index (κ3) is 9.87. The van der Waals surface area contributed by atoms with E-state index in [-0.39, 0.29) is 36.0 Å². The molecule has 1 fully saturated rings. The van der Waals surface area contributed by atoms with E-state index in [1.807, 2.05) is 0 Å². The smallest absolute Gasteiger partial charge is 0.269 e. The molecule has 0 saturated carbocycles. The predicted octanol–water partition coefficient (Wildman–Crippen LogP) is 1.92. The van der Waals surface area contributed by atoms with Crippen molar-refractivity contribution >= 4 is 23.2 Å². The molecule has 2 amide bonds. The van der Waals surface area contributed by atoms with Gasteiger partial charge in [-0.3, -0.25) is 29.8 Å². The first kappa shape index (κ1) is 28.7. The van der Waals surface area contributed by atoms with Gasteiger partial charge in [-0.25, -0.2) is 0 Å². The van der Waals surface area contributed by atoms with Gasteiger partial charge in [0, 0.05) is 63.5 Å². The maximum Gasteiger partial charge on any atom is 0.269 e. The van der Waals surface area contributed by atoms with Crippen molar-refractivity contribution in [1.29, 1.82) is 0 Å². The Kier molecular flexibility index (Phi) is 11.1. The molecule has 204 valence electrons. The molecule has 0 bridgehead atoms. The fourth-order valence-electron chi connectivity index (χ4n) is 4.26. The second-order valence-corrected chi connectivity index (χ2v) is 9.29. The Morgan fingerprint density at radius 2 is 1.00 bits per heavy atom. The van der Waals surface area contributed by atoms with E-state index in [9.17, 15) is 29.8 Å². The number of piperazine rings is 1. The molecular formula is C26H34N6O6. The lowest BCUT2D eigenvalue weighted by atomic mass is 10.1. The summed E-state index contributed by atoms with van der Waals surface area (Å²) in [4.78, 5) is 49.5. The van der Waals surface area contributed by atoms with Gasteiger partial charge >= 0.3 is 0 Å². The van der Waals surface area contributed by atoms with Gasteiger partial charge in [0.15, 0.2) is 0 Å². The average Bonchev–Trinajstić information content (AvgIpc) is 2.90. The largest absolute Gasteiger partial charge is 0.356 e. The average molecular weight is 527 g/mol. The number of carbonyl (C=O) groups excluding carboxylic acids is 2. The van der Waals surface area contributed by atoms with E-state index in [4.69, 9.17) is 0 Å².